The maximum Gasteiger partial charge on any atom is 0.255 e. The molecule has 0 aliphatic heterocycles. The summed E-state index contributed by atoms with van der Waals surface area (Å²) in [6.45, 7) is 5.46. The van der Waals surface area contributed by atoms with Crippen molar-refractivity contribution in [1.29, 1.82) is 0 Å². The highest BCUT2D eigenvalue weighted by molar-refractivity contribution is 6.32. The van der Waals surface area contributed by atoms with E-state index < -0.39 is 0 Å². The van der Waals surface area contributed by atoms with Gasteiger partial charge in [-0.2, -0.15) is 0 Å². The minimum atomic E-state index is -0.184. The van der Waals surface area contributed by atoms with Crippen molar-refractivity contribution < 1.29 is 9.53 Å². The quantitative estimate of drug-likeness (QED) is 0.633. The second kappa shape index (κ2) is 8.73. The number of halogens is 1. The molecule has 3 rings (SSSR count). The van der Waals surface area contributed by atoms with Crippen molar-refractivity contribution in [1.82, 2.24) is 9.55 Å². The second-order valence-electron chi connectivity index (χ2n) is 6.74. The normalized spacial score (nSPS) is 10.8. The molecule has 1 N–H and O–H groups in total. The lowest BCUT2D eigenvalue weighted by molar-refractivity contribution is 0.102. The Morgan fingerprint density at radius 1 is 1.22 bits per heavy atom. The third kappa shape index (κ3) is 5.34. The maximum atomic E-state index is 12.5. The number of carbonyl (C=O) groups excluding carboxylic acids is 1. The van der Waals surface area contributed by atoms with Gasteiger partial charge in [0, 0.05) is 30.2 Å². The summed E-state index contributed by atoms with van der Waals surface area (Å²) in [6.07, 6.45) is 5.41. The molecule has 1 amide bonds. The van der Waals surface area contributed by atoms with Gasteiger partial charge >= 0.3 is 0 Å². The Kier molecular flexibility index (Phi) is 6.14. The third-order valence-electron chi connectivity index (χ3n) is 3.90. The molecule has 3 aromatic rings. The third-order valence-corrected chi connectivity index (χ3v) is 4.20. The average molecular weight is 384 g/mol. The number of hydrogen-bond acceptors (Lipinski definition) is 3. The summed E-state index contributed by atoms with van der Waals surface area (Å²) in [5.41, 5.74) is 2.31. The van der Waals surface area contributed by atoms with Crippen LogP contribution in [0.3, 0.4) is 0 Å². The molecule has 1 heterocycles. The summed E-state index contributed by atoms with van der Waals surface area (Å²) >= 11 is 6.25. The SMILES string of the molecule is CC(C)COc1ccc(NC(=O)c2ccc(Cn3ccnc3)cc2)cc1Cl. The van der Waals surface area contributed by atoms with Crippen LogP contribution in [-0.4, -0.2) is 22.1 Å². The number of rotatable bonds is 7. The molecule has 0 atom stereocenters. The number of imidazole rings is 1. The van der Waals surface area contributed by atoms with Crippen molar-refractivity contribution in [3.8, 4) is 5.75 Å². The molecule has 0 aliphatic carbocycles. The van der Waals surface area contributed by atoms with Gasteiger partial charge in [-0.05, 0) is 41.8 Å². The molecule has 0 fully saturated rings. The molecule has 0 spiro atoms. The Hall–Kier alpha value is -2.79. The monoisotopic (exact) mass is 383 g/mol. The largest absolute Gasteiger partial charge is 0.492 e. The van der Waals surface area contributed by atoms with E-state index in [1.54, 1.807) is 30.7 Å². The first-order chi connectivity index (χ1) is 13.0. The summed E-state index contributed by atoms with van der Waals surface area (Å²) in [7, 11) is 0. The van der Waals surface area contributed by atoms with E-state index in [0.29, 0.717) is 34.5 Å². The topological polar surface area (TPSA) is 56.1 Å². The highest BCUT2D eigenvalue weighted by atomic mass is 35.5. The zero-order chi connectivity index (χ0) is 19.2. The van der Waals surface area contributed by atoms with Gasteiger partial charge < -0.3 is 14.6 Å². The Morgan fingerprint density at radius 3 is 2.63 bits per heavy atom. The van der Waals surface area contributed by atoms with Crippen molar-refractivity contribution in [2.75, 3.05) is 11.9 Å². The van der Waals surface area contributed by atoms with Crippen LogP contribution in [0, 0.1) is 5.92 Å². The number of hydrogen-bond donors (Lipinski definition) is 1. The molecule has 0 aliphatic rings. The molecule has 0 saturated carbocycles. The average Bonchev–Trinajstić information content (AvgIpc) is 3.14. The van der Waals surface area contributed by atoms with Crippen LogP contribution in [0.1, 0.15) is 29.8 Å². The fourth-order valence-electron chi connectivity index (χ4n) is 2.51. The van der Waals surface area contributed by atoms with Gasteiger partial charge in [0.15, 0.2) is 0 Å². The van der Waals surface area contributed by atoms with E-state index in [1.165, 1.54) is 0 Å². The van der Waals surface area contributed by atoms with Crippen molar-refractivity contribution in [2.24, 2.45) is 5.92 Å². The first-order valence-electron chi connectivity index (χ1n) is 8.79. The van der Waals surface area contributed by atoms with Crippen molar-refractivity contribution in [3.63, 3.8) is 0 Å². The van der Waals surface area contributed by atoms with Gasteiger partial charge in [-0.3, -0.25) is 4.79 Å². The van der Waals surface area contributed by atoms with Gasteiger partial charge in [-0.1, -0.05) is 37.6 Å². The number of benzene rings is 2. The van der Waals surface area contributed by atoms with E-state index in [-0.39, 0.29) is 5.91 Å². The van der Waals surface area contributed by atoms with Crippen molar-refractivity contribution in [3.05, 3.63) is 77.3 Å². The van der Waals surface area contributed by atoms with E-state index in [1.807, 2.05) is 35.0 Å². The second-order valence-corrected chi connectivity index (χ2v) is 7.14. The fraction of sp³-hybridized carbons (Fsp3) is 0.238. The molecule has 140 valence electrons. The van der Waals surface area contributed by atoms with Crippen LogP contribution in [0.5, 0.6) is 5.75 Å². The number of nitrogens with zero attached hydrogens (tertiary/aromatic N) is 2. The van der Waals surface area contributed by atoms with E-state index in [2.05, 4.69) is 24.1 Å². The summed E-state index contributed by atoms with van der Waals surface area (Å²) in [4.78, 5) is 16.5. The first-order valence-corrected chi connectivity index (χ1v) is 9.17. The van der Waals surface area contributed by atoms with Crippen LogP contribution in [0.15, 0.2) is 61.2 Å². The number of anilines is 1. The number of ether oxygens (including phenoxy) is 1. The van der Waals surface area contributed by atoms with Crippen LogP contribution in [0.2, 0.25) is 5.02 Å². The molecule has 0 radical (unpaired) electrons. The zero-order valence-corrected chi connectivity index (χ0v) is 16.1. The van der Waals surface area contributed by atoms with Gasteiger partial charge in [-0.15, -0.1) is 0 Å². The van der Waals surface area contributed by atoms with Gasteiger partial charge in [0.05, 0.1) is 18.0 Å². The molecule has 1 aromatic heterocycles. The lowest BCUT2D eigenvalue weighted by Gasteiger charge is -2.12. The smallest absolute Gasteiger partial charge is 0.255 e. The van der Waals surface area contributed by atoms with Crippen LogP contribution < -0.4 is 10.1 Å². The van der Waals surface area contributed by atoms with E-state index >= 15 is 0 Å². The fourth-order valence-corrected chi connectivity index (χ4v) is 2.74. The van der Waals surface area contributed by atoms with Crippen LogP contribution >= 0.6 is 11.6 Å². The minimum Gasteiger partial charge on any atom is -0.492 e. The molecule has 6 heteroatoms. The lowest BCUT2D eigenvalue weighted by atomic mass is 10.1. The van der Waals surface area contributed by atoms with Crippen LogP contribution in [-0.2, 0) is 6.54 Å². The van der Waals surface area contributed by atoms with E-state index in [0.717, 1.165) is 12.1 Å². The Labute approximate surface area is 164 Å². The van der Waals surface area contributed by atoms with E-state index in [9.17, 15) is 4.79 Å². The molecule has 5 nitrogen and oxygen atoms in total. The van der Waals surface area contributed by atoms with Crippen molar-refractivity contribution >= 4 is 23.2 Å². The molecular formula is C21H22ClN3O2. The Morgan fingerprint density at radius 2 is 2.00 bits per heavy atom. The minimum absolute atomic E-state index is 0.184. The molecule has 2 aromatic carbocycles. The summed E-state index contributed by atoms with van der Waals surface area (Å²) in [5, 5.41) is 3.34. The van der Waals surface area contributed by atoms with Gasteiger partial charge in [0.1, 0.15) is 5.75 Å². The number of nitrogens with one attached hydrogen (secondary N) is 1. The highest BCUT2D eigenvalue weighted by Crippen LogP contribution is 2.28. The predicted molar refractivity (Wildman–Crippen MR) is 108 cm³/mol. The molecular weight excluding hydrogens is 362 g/mol. The summed E-state index contributed by atoms with van der Waals surface area (Å²) < 4.78 is 7.62. The molecule has 0 saturated heterocycles. The van der Waals surface area contributed by atoms with E-state index in [4.69, 9.17) is 16.3 Å². The first kappa shape index (κ1) is 19.0. The number of aromatic nitrogens is 2. The molecule has 27 heavy (non-hydrogen) atoms. The Bertz CT molecular complexity index is 890. The number of amides is 1. The summed E-state index contributed by atoms with van der Waals surface area (Å²) in [6, 6.07) is 12.7. The zero-order valence-electron chi connectivity index (χ0n) is 15.4. The Balaban J connectivity index is 1.62. The highest BCUT2D eigenvalue weighted by Gasteiger charge is 2.09. The lowest BCUT2D eigenvalue weighted by Crippen LogP contribution is -2.12. The maximum absolute atomic E-state index is 12.5. The van der Waals surface area contributed by atoms with Gasteiger partial charge in [0.25, 0.3) is 5.91 Å². The molecule has 0 bridgehead atoms. The van der Waals surface area contributed by atoms with Gasteiger partial charge in [0.2, 0.25) is 0 Å². The predicted octanol–water partition coefficient (Wildman–Crippen LogP) is 4.87. The van der Waals surface area contributed by atoms with Gasteiger partial charge in [-0.25, -0.2) is 4.98 Å². The van der Waals surface area contributed by atoms with Crippen molar-refractivity contribution in [2.45, 2.75) is 20.4 Å². The standard InChI is InChI=1S/C21H22ClN3O2/c1-15(2)13-27-20-8-7-18(11-19(20)22)24-21(26)17-5-3-16(4-6-17)12-25-10-9-23-14-25/h3-11,14-15H,12-13H2,1-2H3,(H,24,26). The molecule has 0 unspecified atom stereocenters. The van der Waals surface area contributed by atoms with Crippen LogP contribution in [0.25, 0.3) is 0 Å². The summed E-state index contributed by atoms with van der Waals surface area (Å²) in [5.74, 6) is 0.848. The van der Waals surface area contributed by atoms with Crippen LogP contribution in [0.4, 0.5) is 5.69 Å². The number of carbonyl (C=O) groups is 1.